The highest BCUT2D eigenvalue weighted by molar-refractivity contribution is 6.34. The standard InChI is InChI=1S/C23H23ClN8O2/c1-32(2)22(34)16-9-8-15(10-18(16)24)28-23-25-11-17(20-26-13-27-31-20)21(30-23)29-19(12-33)14-6-4-3-5-7-14/h3-11,13,19,33H,12H2,1-2H3,(H,26,27,31)(H2,25,28,29,30)/t19-/m1/s1. The van der Waals surface area contributed by atoms with Crippen LogP contribution >= 0.6 is 11.6 Å². The van der Waals surface area contributed by atoms with E-state index in [0.717, 1.165) is 5.56 Å². The fourth-order valence-electron chi connectivity index (χ4n) is 3.28. The van der Waals surface area contributed by atoms with Gasteiger partial charge in [-0.05, 0) is 23.8 Å². The van der Waals surface area contributed by atoms with Gasteiger partial charge >= 0.3 is 0 Å². The Hall–Kier alpha value is -4.02. The highest BCUT2D eigenvalue weighted by atomic mass is 35.5. The lowest BCUT2D eigenvalue weighted by Gasteiger charge is -2.19. The molecule has 0 unspecified atom stereocenters. The number of carbonyl (C=O) groups excluding carboxylic acids is 1. The first-order valence-corrected chi connectivity index (χ1v) is 10.8. The van der Waals surface area contributed by atoms with Gasteiger partial charge in [0.1, 0.15) is 12.1 Å². The van der Waals surface area contributed by atoms with Crippen molar-refractivity contribution in [2.24, 2.45) is 0 Å². The summed E-state index contributed by atoms with van der Waals surface area (Å²) < 4.78 is 0. The second-order valence-corrected chi connectivity index (χ2v) is 8.01. The molecule has 34 heavy (non-hydrogen) atoms. The smallest absolute Gasteiger partial charge is 0.254 e. The van der Waals surface area contributed by atoms with Crippen molar-refractivity contribution in [3.05, 3.63) is 77.2 Å². The molecule has 1 atom stereocenters. The average Bonchev–Trinajstić information content (AvgIpc) is 3.37. The molecule has 2 heterocycles. The Kier molecular flexibility index (Phi) is 7.00. The zero-order chi connectivity index (χ0) is 24.1. The summed E-state index contributed by atoms with van der Waals surface area (Å²) in [6, 6.07) is 14.2. The van der Waals surface area contributed by atoms with Gasteiger partial charge in [-0.1, -0.05) is 41.9 Å². The van der Waals surface area contributed by atoms with Gasteiger partial charge in [-0.2, -0.15) is 10.1 Å². The lowest BCUT2D eigenvalue weighted by atomic mass is 10.1. The summed E-state index contributed by atoms with van der Waals surface area (Å²) in [7, 11) is 3.33. The predicted octanol–water partition coefficient (Wildman–Crippen LogP) is 3.51. The summed E-state index contributed by atoms with van der Waals surface area (Å²) in [5.41, 5.74) is 2.49. The summed E-state index contributed by atoms with van der Waals surface area (Å²) in [5.74, 6) is 1.03. The van der Waals surface area contributed by atoms with Crippen LogP contribution in [0.1, 0.15) is 22.0 Å². The van der Waals surface area contributed by atoms with E-state index in [1.807, 2.05) is 30.3 Å². The van der Waals surface area contributed by atoms with Crippen LogP contribution in [0.5, 0.6) is 0 Å². The van der Waals surface area contributed by atoms with Crippen molar-refractivity contribution in [1.29, 1.82) is 0 Å². The molecule has 1 amide bonds. The monoisotopic (exact) mass is 478 g/mol. The number of aliphatic hydroxyl groups excluding tert-OH is 1. The molecule has 174 valence electrons. The topological polar surface area (TPSA) is 132 Å². The largest absolute Gasteiger partial charge is 0.394 e. The zero-order valence-corrected chi connectivity index (χ0v) is 19.3. The molecule has 0 fully saturated rings. The van der Waals surface area contributed by atoms with E-state index in [9.17, 15) is 9.90 Å². The third kappa shape index (κ3) is 5.13. The molecule has 0 radical (unpaired) electrons. The molecule has 0 aliphatic carbocycles. The molecule has 4 N–H and O–H groups in total. The van der Waals surface area contributed by atoms with Crippen LogP contribution in [-0.2, 0) is 0 Å². The Labute approximate surface area is 201 Å². The number of nitrogens with one attached hydrogen (secondary N) is 3. The second kappa shape index (κ2) is 10.3. The van der Waals surface area contributed by atoms with Crippen LogP contribution in [0, 0.1) is 0 Å². The average molecular weight is 479 g/mol. The fraction of sp³-hybridized carbons (Fsp3) is 0.174. The first kappa shape index (κ1) is 23.1. The van der Waals surface area contributed by atoms with Crippen molar-refractivity contribution in [1.82, 2.24) is 30.0 Å². The molecule has 0 saturated heterocycles. The van der Waals surface area contributed by atoms with Gasteiger partial charge in [0.25, 0.3) is 5.91 Å². The van der Waals surface area contributed by atoms with E-state index >= 15 is 0 Å². The Balaban J connectivity index is 1.65. The van der Waals surface area contributed by atoms with Gasteiger partial charge in [0.05, 0.1) is 28.8 Å². The number of amides is 1. The Morgan fingerprint density at radius 3 is 2.62 bits per heavy atom. The van der Waals surface area contributed by atoms with E-state index in [1.54, 1.807) is 38.5 Å². The minimum Gasteiger partial charge on any atom is -0.394 e. The number of nitrogens with zero attached hydrogens (tertiary/aromatic N) is 5. The normalized spacial score (nSPS) is 11.6. The van der Waals surface area contributed by atoms with Crippen LogP contribution in [0.25, 0.3) is 11.4 Å². The Morgan fingerprint density at radius 2 is 1.97 bits per heavy atom. The number of H-pyrrole nitrogens is 1. The first-order chi connectivity index (χ1) is 16.5. The minimum absolute atomic E-state index is 0.149. The van der Waals surface area contributed by atoms with Crippen molar-refractivity contribution >= 4 is 35.0 Å². The van der Waals surface area contributed by atoms with E-state index < -0.39 is 6.04 Å². The zero-order valence-electron chi connectivity index (χ0n) is 18.5. The number of hydrogen-bond acceptors (Lipinski definition) is 8. The number of rotatable bonds is 8. The van der Waals surface area contributed by atoms with Gasteiger partial charge in [-0.15, -0.1) is 0 Å². The molecular formula is C23H23ClN8O2. The molecule has 4 rings (SSSR count). The molecule has 0 bridgehead atoms. The van der Waals surface area contributed by atoms with Crippen LogP contribution in [-0.4, -0.2) is 61.8 Å². The predicted molar refractivity (Wildman–Crippen MR) is 130 cm³/mol. The van der Waals surface area contributed by atoms with Crippen molar-refractivity contribution in [3.8, 4) is 11.4 Å². The summed E-state index contributed by atoms with van der Waals surface area (Å²) in [6.07, 6.45) is 2.99. The minimum atomic E-state index is -0.406. The summed E-state index contributed by atoms with van der Waals surface area (Å²) in [4.78, 5) is 26.9. The van der Waals surface area contributed by atoms with Gasteiger partial charge in [-0.3, -0.25) is 9.89 Å². The van der Waals surface area contributed by atoms with Gasteiger partial charge in [-0.25, -0.2) is 9.97 Å². The molecule has 10 nitrogen and oxygen atoms in total. The van der Waals surface area contributed by atoms with Crippen LogP contribution < -0.4 is 10.6 Å². The quantitative estimate of drug-likeness (QED) is 0.302. The van der Waals surface area contributed by atoms with Crippen molar-refractivity contribution in [2.45, 2.75) is 6.04 Å². The first-order valence-electron chi connectivity index (χ1n) is 10.4. The van der Waals surface area contributed by atoms with Crippen LogP contribution in [0.4, 0.5) is 17.5 Å². The third-order valence-corrected chi connectivity index (χ3v) is 5.33. The highest BCUT2D eigenvalue weighted by Gasteiger charge is 2.18. The second-order valence-electron chi connectivity index (χ2n) is 7.60. The number of hydrogen-bond donors (Lipinski definition) is 4. The molecule has 2 aromatic heterocycles. The van der Waals surface area contributed by atoms with Crippen molar-refractivity contribution < 1.29 is 9.90 Å². The van der Waals surface area contributed by atoms with Gasteiger partial charge in [0, 0.05) is 26.0 Å². The van der Waals surface area contributed by atoms with E-state index in [4.69, 9.17) is 11.6 Å². The molecular weight excluding hydrogens is 456 g/mol. The summed E-state index contributed by atoms with van der Waals surface area (Å²) >= 11 is 6.33. The highest BCUT2D eigenvalue weighted by Crippen LogP contribution is 2.29. The molecule has 11 heteroatoms. The van der Waals surface area contributed by atoms with E-state index in [1.165, 1.54) is 11.2 Å². The maximum atomic E-state index is 12.2. The number of anilines is 3. The Morgan fingerprint density at radius 1 is 1.18 bits per heavy atom. The molecule has 0 aliphatic heterocycles. The molecule has 4 aromatic rings. The molecule has 0 saturated carbocycles. The SMILES string of the molecule is CN(C)C(=O)c1ccc(Nc2ncc(-c3ncn[nH]3)c(N[C@H](CO)c3ccccc3)n2)cc1Cl. The van der Waals surface area contributed by atoms with E-state index in [0.29, 0.717) is 39.4 Å². The van der Waals surface area contributed by atoms with E-state index in [2.05, 4.69) is 35.8 Å². The van der Waals surface area contributed by atoms with Crippen LogP contribution in [0.2, 0.25) is 5.02 Å². The lowest BCUT2D eigenvalue weighted by molar-refractivity contribution is 0.0828. The fourth-order valence-corrected chi connectivity index (χ4v) is 3.54. The maximum absolute atomic E-state index is 12.2. The number of aliphatic hydroxyl groups is 1. The molecule has 2 aromatic carbocycles. The van der Waals surface area contributed by atoms with Crippen molar-refractivity contribution in [2.75, 3.05) is 31.3 Å². The Bertz CT molecular complexity index is 1270. The number of aromatic amines is 1. The molecule has 0 spiro atoms. The number of aromatic nitrogens is 5. The molecule has 0 aliphatic rings. The lowest BCUT2D eigenvalue weighted by Crippen LogP contribution is -2.22. The van der Waals surface area contributed by atoms with Gasteiger partial charge < -0.3 is 20.6 Å². The van der Waals surface area contributed by atoms with E-state index in [-0.39, 0.29) is 12.5 Å². The van der Waals surface area contributed by atoms with Crippen LogP contribution in [0.15, 0.2) is 61.1 Å². The van der Waals surface area contributed by atoms with Crippen molar-refractivity contribution in [3.63, 3.8) is 0 Å². The van der Waals surface area contributed by atoms with Gasteiger partial charge in [0.15, 0.2) is 5.82 Å². The third-order valence-electron chi connectivity index (χ3n) is 5.02. The van der Waals surface area contributed by atoms with Crippen LogP contribution in [0.3, 0.4) is 0 Å². The summed E-state index contributed by atoms with van der Waals surface area (Å²) in [5, 5.41) is 23.4. The van der Waals surface area contributed by atoms with Gasteiger partial charge in [0.2, 0.25) is 5.95 Å². The number of benzene rings is 2. The maximum Gasteiger partial charge on any atom is 0.254 e. The number of carbonyl (C=O) groups is 1. The summed E-state index contributed by atoms with van der Waals surface area (Å²) in [6.45, 7) is -0.149. The number of halogens is 1.